The second-order valence-corrected chi connectivity index (χ2v) is 6.46. The SMILES string of the molecule is Cc1ccc(C)c(-c2csc(C(C)(C)C)n2)c1. The summed E-state index contributed by atoms with van der Waals surface area (Å²) in [5, 5.41) is 3.37. The zero-order valence-corrected chi connectivity index (χ0v) is 12.0. The molecule has 0 N–H and O–H groups in total. The fourth-order valence-corrected chi connectivity index (χ4v) is 2.66. The number of nitrogens with zero attached hydrogens (tertiary/aromatic N) is 1. The van der Waals surface area contributed by atoms with E-state index in [2.05, 4.69) is 58.2 Å². The van der Waals surface area contributed by atoms with Crippen molar-refractivity contribution in [1.29, 1.82) is 0 Å². The number of hydrogen-bond acceptors (Lipinski definition) is 2. The molecule has 0 atom stereocenters. The predicted molar refractivity (Wildman–Crippen MR) is 75.7 cm³/mol. The molecule has 2 aromatic rings. The topological polar surface area (TPSA) is 12.9 Å². The van der Waals surface area contributed by atoms with Gasteiger partial charge in [-0.25, -0.2) is 4.98 Å². The van der Waals surface area contributed by atoms with Crippen LogP contribution in [0.25, 0.3) is 11.3 Å². The Hall–Kier alpha value is -1.15. The molecule has 0 saturated heterocycles. The molecule has 1 aromatic carbocycles. The van der Waals surface area contributed by atoms with E-state index in [4.69, 9.17) is 4.98 Å². The highest BCUT2D eigenvalue weighted by Gasteiger charge is 2.18. The van der Waals surface area contributed by atoms with Crippen molar-refractivity contribution in [2.24, 2.45) is 0 Å². The molecule has 1 heterocycles. The molecule has 0 unspecified atom stereocenters. The van der Waals surface area contributed by atoms with Gasteiger partial charge in [0, 0.05) is 16.4 Å². The van der Waals surface area contributed by atoms with E-state index in [1.807, 2.05) is 0 Å². The minimum atomic E-state index is 0.140. The number of aryl methyl sites for hydroxylation is 2. The third kappa shape index (κ3) is 2.58. The molecule has 0 radical (unpaired) electrons. The summed E-state index contributed by atoms with van der Waals surface area (Å²) in [6.07, 6.45) is 0. The number of hydrogen-bond donors (Lipinski definition) is 0. The lowest BCUT2D eigenvalue weighted by molar-refractivity contribution is 0.586. The minimum absolute atomic E-state index is 0.140. The standard InChI is InChI=1S/C15H19NS/c1-10-6-7-11(2)12(8-10)13-9-17-14(16-13)15(3,4)5/h6-9H,1-5H3. The Morgan fingerprint density at radius 2 is 1.82 bits per heavy atom. The number of rotatable bonds is 1. The Labute approximate surface area is 108 Å². The fourth-order valence-electron chi connectivity index (χ4n) is 1.75. The van der Waals surface area contributed by atoms with Crippen molar-refractivity contribution in [2.45, 2.75) is 40.0 Å². The van der Waals surface area contributed by atoms with Crippen molar-refractivity contribution in [2.75, 3.05) is 0 Å². The number of aromatic nitrogens is 1. The van der Waals surface area contributed by atoms with Crippen LogP contribution in [-0.2, 0) is 5.41 Å². The average molecular weight is 245 g/mol. The summed E-state index contributed by atoms with van der Waals surface area (Å²) in [4.78, 5) is 4.77. The van der Waals surface area contributed by atoms with Gasteiger partial charge in [-0.2, -0.15) is 0 Å². The van der Waals surface area contributed by atoms with Crippen molar-refractivity contribution in [3.05, 3.63) is 39.7 Å². The van der Waals surface area contributed by atoms with Crippen LogP contribution in [0.2, 0.25) is 0 Å². The first kappa shape index (κ1) is 12.3. The van der Waals surface area contributed by atoms with E-state index in [1.54, 1.807) is 11.3 Å². The van der Waals surface area contributed by atoms with E-state index in [0.717, 1.165) is 5.69 Å². The smallest absolute Gasteiger partial charge is 0.0986 e. The van der Waals surface area contributed by atoms with Crippen LogP contribution in [0.3, 0.4) is 0 Å². The predicted octanol–water partition coefficient (Wildman–Crippen LogP) is 4.72. The Morgan fingerprint density at radius 3 is 2.41 bits per heavy atom. The van der Waals surface area contributed by atoms with Gasteiger partial charge >= 0.3 is 0 Å². The molecule has 0 saturated carbocycles. The molecule has 1 nitrogen and oxygen atoms in total. The van der Waals surface area contributed by atoms with Crippen molar-refractivity contribution < 1.29 is 0 Å². The van der Waals surface area contributed by atoms with Gasteiger partial charge in [-0.1, -0.05) is 38.5 Å². The van der Waals surface area contributed by atoms with E-state index in [1.165, 1.54) is 21.7 Å². The molecule has 0 amide bonds. The van der Waals surface area contributed by atoms with Gasteiger partial charge in [-0.05, 0) is 25.5 Å². The maximum Gasteiger partial charge on any atom is 0.0986 e. The van der Waals surface area contributed by atoms with Gasteiger partial charge < -0.3 is 0 Å². The largest absolute Gasteiger partial charge is 0.241 e. The zero-order valence-electron chi connectivity index (χ0n) is 11.2. The van der Waals surface area contributed by atoms with Gasteiger partial charge in [0.1, 0.15) is 0 Å². The molecular weight excluding hydrogens is 226 g/mol. The van der Waals surface area contributed by atoms with Crippen LogP contribution < -0.4 is 0 Å². The highest BCUT2D eigenvalue weighted by molar-refractivity contribution is 7.10. The molecule has 0 bridgehead atoms. The first-order valence-electron chi connectivity index (χ1n) is 5.91. The molecule has 0 aliphatic rings. The summed E-state index contributed by atoms with van der Waals surface area (Å²) >= 11 is 1.75. The summed E-state index contributed by atoms with van der Waals surface area (Å²) in [6.45, 7) is 10.9. The maximum absolute atomic E-state index is 4.77. The van der Waals surface area contributed by atoms with Gasteiger partial charge in [-0.15, -0.1) is 11.3 Å². The van der Waals surface area contributed by atoms with Gasteiger partial charge in [0.25, 0.3) is 0 Å². The summed E-state index contributed by atoms with van der Waals surface area (Å²) in [5.41, 5.74) is 5.09. The normalized spacial score (nSPS) is 11.8. The van der Waals surface area contributed by atoms with E-state index < -0.39 is 0 Å². The van der Waals surface area contributed by atoms with Crippen LogP contribution in [0, 0.1) is 13.8 Å². The second-order valence-electron chi connectivity index (χ2n) is 5.61. The molecular formula is C15H19NS. The third-order valence-electron chi connectivity index (χ3n) is 2.81. The summed E-state index contributed by atoms with van der Waals surface area (Å²) in [5.74, 6) is 0. The lowest BCUT2D eigenvalue weighted by atomic mass is 9.98. The van der Waals surface area contributed by atoms with Crippen LogP contribution in [0.1, 0.15) is 36.9 Å². The van der Waals surface area contributed by atoms with Gasteiger partial charge in [0.2, 0.25) is 0 Å². The van der Waals surface area contributed by atoms with Crippen LogP contribution in [-0.4, -0.2) is 4.98 Å². The second kappa shape index (κ2) is 4.26. The van der Waals surface area contributed by atoms with Crippen LogP contribution in [0.15, 0.2) is 23.6 Å². The first-order chi connectivity index (χ1) is 7.88. The quantitative estimate of drug-likeness (QED) is 0.708. The first-order valence-corrected chi connectivity index (χ1v) is 6.79. The van der Waals surface area contributed by atoms with E-state index in [0.29, 0.717) is 0 Å². The van der Waals surface area contributed by atoms with Gasteiger partial charge in [-0.3, -0.25) is 0 Å². The lowest BCUT2D eigenvalue weighted by Gasteiger charge is -2.13. The van der Waals surface area contributed by atoms with Crippen molar-refractivity contribution >= 4 is 11.3 Å². The van der Waals surface area contributed by atoms with E-state index in [9.17, 15) is 0 Å². The van der Waals surface area contributed by atoms with Crippen molar-refractivity contribution in [3.8, 4) is 11.3 Å². The van der Waals surface area contributed by atoms with Crippen LogP contribution in [0.4, 0.5) is 0 Å². The van der Waals surface area contributed by atoms with E-state index >= 15 is 0 Å². The lowest BCUT2D eigenvalue weighted by Crippen LogP contribution is -2.10. The van der Waals surface area contributed by atoms with Crippen molar-refractivity contribution in [3.63, 3.8) is 0 Å². The zero-order chi connectivity index (χ0) is 12.6. The Balaban J connectivity index is 2.47. The highest BCUT2D eigenvalue weighted by atomic mass is 32.1. The maximum atomic E-state index is 4.77. The number of benzene rings is 1. The molecule has 1 aromatic heterocycles. The van der Waals surface area contributed by atoms with Gasteiger partial charge in [0.05, 0.1) is 10.7 Å². The molecule has 0 aliphatic heterocycles. The molecule has 2 heteroatoms. The Bertz CT molecular complexity index is 532. The highest BCUT2D eigenvalue weighted by Crippen LogP contribution is 2.31. The van der Waals surface area contributed by atoms with E-state index in [-0.39, 0.29) is 5.41 Å². The molecule has 0 aliphatic carbocycles. The van der Waals surface area contributed by atoms with Gasteiger partial charge in [0.15, 0.2) is 0 Å². The Morgan fingerprint density at radius 1 is 1.12 bits per heavy atom. The summed E-state index contributed by atoms with van der Waals surface area (Å²) in [7, 11) is 0. The summed E-state index contributed by atoms with van der Waals surface area (Å²) < 4.78 is 0. The van der Waals surface area contributed by atoms with Crippen LogP contribution >= 0.6 is 11.3 Å². The van der Waals surface area contributed by atoms with Crippen molar-refractivity contribution in [1.82, 2.24) is 4.98 Å². The molecule has 2 rings (SSSR count). The minimum Gasteiger partial charge on any atom is -0.241 e. The van der Waals surface area contributed by atoms with Crippen LogP contribution in [0.5, 0.6) is 0 Å². The molecule has 0 spiro atoms. The molecule has 0 fully saturated rings. The molecule has 90 valence electrons. The fraction of sp³-hybridized carbons (Fsp3) is 0.400. The third-order valence-corrected chi connectivity index (χ3v) is 4.08. The molecule has 17 heavy (non-hydrogen) atoms. The summed E-state index contributed by atoms with van der Waals surface area (Å²) in [6, 6.07) is 6.54. The monoisotopic (exact) mass is 245 g/mol. The average Bonchev–Trinajstić information content (AvgIpc) is 2.70. The number of thiazole rings is 1. The Kier molecular flexibility index (Phi) is 3.09.